The van der Waals surface area contributed by atoms with Crippen LogP contribution in [0.15, 0.2) is 53.0 Å². The second kappa shape index (κ2) is 10.5. The summed E-state index contributed by atoms with van der Waals surface area (Å²) in [6.45, 7) is 10.00. The lowest BCUT2D eigenvalue weighted by Gasteiger charge is -2.27. The molecule has 1 aliphatic heterocycles. The first-order valence-electron chi connectivity index (χ1n) is 9.98. The Hall–Kier alpha value is -3.50. The lowest BCUT2D eigenvalue weighted by Crippen LogP contribution is -2.42. The van der Waals surface area contributed by atoms with E-state index in [9.17, 15) is 0 Å². The second-order valence-electron chi connectivity index (χ2n) is 7.13. The zero-order valence-corrected chi connectivity index (χ0v) is 17.9. The zero-order chi connectivity index (χ0) is 22.2. The molecule has 0 amide bonds. The molecule has 2 aromatic rings. The number of anilines is 2. The minimum atomic E-state index is 0.169. The van der Waals surface area contributed by atoms with Gasteiger partial charge < -0.3 is 26.8 Å². The summed E-state index contributed by atoms with van der Waals surface area (Å²) in [5.74, 6) is 1.95. The van der Waals surface area contributed by atoms with Crippen molar-refractivity contribution in [2.45, 2.75) is 13.5 Å². The van der Waals surface area contributed by atoms with Crippen molar-refractivity contribution in [2.24, 2.45) is 21.5 Å². The van der Waals surface area contributed by atoms with Crippen LogP contribution in [0.3, 0.4) is 0 Å². The summed E-state index contributed by atoms with van der Waals surface area (Å²) >= 11 is 0. The summed E-state index contributed by atoms with van der Waals surface area (Å²) in [7, 11) is 1.57. The predicted octanol–water partition coefficient (Wildman–Crippen LogP) is 1.19. The first kappa shape index (κ1) is 22.2. The molecule has 1 fully saturated rings. The molecule has 3 rings (SSSR count). The number of nitrogens with one attached hydrogen (secondary N) is 2. The fourth-order valence-corrected chi connectivity index (χ4v) is 3.20. The molecule has 0 aromatic carbocycles. The Kier molecular flexibility index (Phi) is 7.52. The number of amidine groups is 2. The third-order valence-electron chi connectivity index (χ3n) is 4.63. The maximum absolute atomic E-state index is 6.33. The van der Waals surface area contributed by atoms with E-state index in [0.29, 0.717) is 23.1 Å². The number of piperazine rings is 1. The molecule has 31 heavy (non-hydrogen) atoms. The van der Waals surface area contributed by atoms with E-state index in [4.69, 9.17) is 16.2 Å². The fourth-order valence-electron chi connectivity index (χ4n) is 3.20. The van der Waals surface area contributed by atoms with E-state index in [1.54, 1.807) is 26.3 Å². The van der Waals surface area contributed by atoms with E-state index in [-0.39, 0.29) is 11.7 Å². The Morgan fingerprint density at radius 2 is 2.00 bits per heavy atom. The lowest BCUT2D eigenvalue weighted by atomic mass is 10.1. The van der Waals surface area contributed by atoms with Crippen molar-refractivity contribution in [3.63, 3.8) is 0 Å². The Balaban J connectivity index is 1.91. The molecule has 0 unspecified atom stereocenters. The van der Waals surface area contributed by atoms with Crippen molar-refractivity contribution >= 4 is 23.2 Å². The van der Waals surface area contributed by atoms with Crippen molar-refractivity contribution in [3.8, 4) is 5.88 Å². The number of aromatic nitrogens is 2. The van der Waals surface area contributed by atoms with E-state index in [2.05, 4.69) is 42.1 Å². The summed E-state index contributed by atoms with van der Waals surface area (Å²) in [6, 6.07) is 5.62. The molecule has 0 bridgehead atoms. The van der Waals surface area contributed by atoms with Gasteiger partial charge >= 0.3 is 0 Å². The summed E-state index contributed by atoms with van der Waals surface area (Å²) in [6.07, 6.45) is 3.51. The van der Waals surface area contributed by atoms with Gasteiger partial charge in [0.05, 0.1) is 24.6 Å². The number of methoxy groups -OCH3 is 1. The van der Waals surface area contributed by atoms with Crippen molar-refractivity contribution in [3.05, 3.63) is 54.1 Å². The van der Waals surface area contributed by atoms with Gasteiger partial charge in [-0.25, -0.2) is 20.0 Å². The molecule has 3 heterocycles. The molecular weight excluding hydrogens is 394 g/mol. The summed E-state index contributed by atoms with van der Waals surface area (Å²) in [5, 5.41) is 6.61. The maximum Gasteiger partial charge on any atom is 0.213 e. The Morgan fingerprint density at radius 1 is 1.23 bits per heavy atom. The quantitative estimate of drug-likeness (QED) is 0.385. The van der Waals surface area contributed by atoms with Crippen molar-refractivity contribution in [2.75, 3.05) is 38.6 Å². The molecule has 0 atom stereocenters. The summed E-state index contributed by atoms with van der Waals surface area (Å²) in [5.41, 5.74) is 14.3. The van der Waals surface area contributed by atoms with Crippen molar-refractivity contribution in [1.29, 1.82) is 0 Å². The van der Waals surface area contributed by atoms with E-state index in [1.165, 1.54) is 0 Å². The van der Waals surface area contributed by atoms with Gasteiger partial charge in [0, 0.05) is 45.0 Å². The number of hydrogen-bond donors (Lipinski definition) is 4. The van der Waals surface area contributed by atoms with Gasteiger partial charge in [-0.3, -0.25) is 4.90 Å². The number of hydrogen-bond acceptors (Lipinski definition) is 8. The number of pyridine rings is 2. The van der Waals surface area contributed by atoms with Gasteiger partial charge in [-0.2, -0.15) is 0 Å². The summed E-state index contributed by atoms with van der Waals surface area (Å²) < 4.78 is 5.11. The Labute approximate surface area is 182 Å². The van der Waals surface area contributed by atoms with Gasteiger partial charge in [0.2, 0.25) is 5.88 Å². The molecule has 10 heteroatoms. The van der Waals surface area contributed by atoms with Gasteiger partial charge in [-0.15, -0.1) is 0 Å². The van der Waals surface area contributed by atoms with Crippen molar-refractivity contribution < 1.29 is 4.74 Å². The van der Waals surface area contributed by atoms with E-state index < -0.39 is 0 Å². The average Bonchev–Trinajstić information content (AvgIpc) is 2.75. The van der Waals surface area contributed by atoms with Gasteiger partial charge in [-0.1, -0.05) is 6.58 Å². The van der Waals surface area contributed by atoms with Crippen LogP contribution in [0.5, 0.6) is 5.88 Å². The number of nitrogens with two attached hydrogens (primary N) is 2. The van der Waals surface area contributed by atoms with E-state index in [0.717, 1.165) is 44.0 Å². The minimum Gasteiger partial charge on any atom is -0.481 e. The molecule has 10 nitrogen and oxygen atoms in total. The van der Waals surface area contributed by atoms with Gasteiger partial charge in [0.1, 0.15) is 23.3 Å². The van der Waals surface area contributed by atoms with E-state index >= 15 is 0 Å². The molecule has 1 saturated heterocycles. The van der Waals surface area contributed by atoms with E-state index in [1.807, 2.05) is 18.3 Å². The van der Waals surface area contributed by atoms with Crippen LogP contribution in [0.1, 0.15) is 18.1 Å². The molecule has 0 spiro atoms. The van der Waals surface area contributed by atoms with Gasteiger partial charge in [0.25, 0.3) is 0 Å². The Morgan fingerprint density at radius 3 is 2.65 bits per heavy atom. The minimum absolute atomic E-state index is 0.169. The van der Waals surface area contributed by atoms with Crippen LogP contribution in [-0.4, -0.2) is 59.8 Å². The average molecular weight is 424 g/mol. The maximum atomic E-state index is 6.33. The fraction of sp³-hybridized carbons (Fsp3) is 0.333. The van der Waals surface area contributed by atoms with Crippen LogP contribution in [0.2, 0.25) is 0 Å². The Bertz CT molecular complexity index is 963. The molecular formula is C21H29N9O. The topological polar surface area (TPSA) is 139 Å². The largest absolute Gasteiger partial charge is 0.481 e. The monoisotopic (exact) mass is 423 g/mol. The predicted molar refractivity (Wildman–Crippen MR) is 124 cm³/mol. The first-order chi connectivity index (χ1) is 14.9. The first-order valence-corrected chi connectivity index (χ1v) is 9.98. The van der Waals surface area contributed by atoms with Gasteiger partial charge in [-0.05, 0) is 24.6 Å². The highest BCUT2D eigenvalue weighted by Gasteiger charge is 2.15. The molecule has 164 valence electrons. The zero-order valence-electron chi connectivity index (χ0n) is 17.9. The smallest absolute Gasteiger partial charge is 0.213 e. The third-order valence-corrected chi connectivity index (χ3v) is 4.63. The van der Waals surface area contributed by atoms with Crippen LogP contribution < -0.4 is 26.8 Å². The van der Waals surface area contributed by atoms with Gasteiger partial charge in [0.15, 0.2) is 0 Å². The van der Waals surface area contributed by atoms with Crippen LogP contribution >= 0.6 is 0 Å². The molecule has 2 aromatic heterocycles. The number of nitrogens with zero attached hydrogens (tertiary/aromatic N) is 5. The molecule has 1 aliphatic rings. The standard InChI is InChI=1S/C21H29N9O/c1-14(22)27-15(2)28-20(23)18-10-16(13-30-8-6-24-7-9-30)11-26-21(18)29-17-4-5-19(31-3)25-12-17/h4-5,10-12,24H,1,6-9,13,22H2,2-3H3,(H,26,29)(H2,23,27,28). The molecule has 6 N–H and O–H groups in total. The SMILES string of the molecule is C=C(N)/N=C(C)\N=C(/N)c1cc(CN2CCNCC2)cnc1Nc1ccc(OC)nc1. The second-order valence-corrected chi connectivity index (χ2v) is 7.13. The number of ether oxygens (including phenoxy) is 1. The number of aliphatic imine (C=N–C) groups is 2. The highest BCUT2D eigenvalue weighted by molar-refractivity contribution is 6.08. The number of rotatable bonds is 7. The van der Waals surface area contributed by atoms with Crippen LogP contribution in [0.4, 0.5) is 11.5 Å². The van der Waals surface area contributed by atoms with Crippen LogP contribution in [0, 0.1) is 0 Å². The third kappa shape index (κ3) is 6.49. The molecule has 0 aliphatic carbocycles. The van der Waals surface area contributed by atoms with Crippen LogP contribution in [0.25, 0.3) is 0 Å². The normalized spacial score (nSPS) is 15.5. The van der Waals surface area contributed by atoms with Crippen LogP contribution in [-0.2, 0) is 6.54 Å². The summed E-state index contributed by atoms with van der Waals surface area (Å²) in [4.78, 5) is 19.6. The lowest BCUT2D eigenvalue weighted by molar-refractivity contribution is 0.233. The highest BCUT2D eigenvalue weighted by Crippen LogP contribution is 2.21. The molecule has 0 radical (unpaired) electrons. The highest BCUT2D eigenvalue weighted by atomic mass is 16.5. The van der Waals surface area contributed by atoms with Crippen molar-refractivity contribution in [1.82, 2.24) is 20.2 Å². The molecule has 0 saturated carbocycles.